The maximum Gasteiger partial charge on any atom is 0.0913 e. The maximum absolute atomic E-state index is 4.35. The maximum atomic E-state index is 4.35. The van der Waals surface area contributed by atoms with Gasteiger partial charge in [-0.1, -0.05) is 39.8 Å². The van der Waals surface area contributed by atoms with Gasteiger partial charge < -0.3 is 0 Å². The summed E-state index contributed by atoms with van der Waals surface area (Å²) in [5, 5.41) is 0. The second-order valence-electron chi connectivity index (χ2n) is 3.17. The Bertz CT molecular complexity index is 340. The average Bonchev–Trinajstić information content (AvgIpc) is 2.43. The second kappa shape index (κ2) is 12.0. The van der Waals surface area contributed by atoms with Crippen LogP contribution in [0.3, 0.4) is 0 Å². The van der Waals surface area contributed by atoms with Gasteiger partial charge in [-0.15, -0.1) is 0 Å². The summed E-state index contributed by atoms with van der Waals surface area (Å²) >= 11 is 0. The Labute approximate surface area is 113 Å². The van der Waals surface area contributed by atoms with Crippen molar-refractivity contribution in [1.82, 2.24) is 0 Å². The van der Waals surface area contributed by atoms with E-state index in [-0.39, 0.29) is 0 Å². The highest BCUT2D eigenvalue weighted by Gasteiger charge is 2.05. The first-order valence-corrected chi connectivity index (χ1v) is 6.78. The molecule has 0 atom stereocenters. The van der Waals surface area contributed by atoms with Gasteiger partial charge in [0.15, 0.2) is 0 Å². The summed E-state index contributed by atoms with van der Waals surface area (Å²) in [6.07, 6.45) is 3.60. The van der Waals surface area contributed by atoms with E-state index in [1.165, 1.54) is 0 Å². The molecule has 2 heteroatoms. The molecule has 2 nitrogen and oxygen atoms in total. The molecule has 0 aliphatic rings. The van der Waals surface area contributed by atoms with Crippen LogP contribution in [0.4, 0.5) is 11.4 Å². The molecule has 1 rings (SSSR count). The molecule has 0 aliphatic carbocycles. The summed E-state index contributed by atoms with van der Waals surface area (Å²) in [4.78, 5) is 8.69. The van der Waals surface area contributed by atoms with Crippen molar-refractivity contribution in [2.45, 2.75) is 55.4 Å². The molecule has 0 saturated heterocycles. The summed E-state index contributed by atoms with van der Waals surface area (Å²) in [5.41, 5.74) is 4.28. The molecule has 0 saturated carbocycles. The predicted molar refractivity (Wildman–Crippen MR) is 86.3 cm³/mol. The van der Waals surface area contributed by atoms with E-state index in [2.05, 4.69) is 36.0 Å². The molecular weight excluding hydrogens is 220 g/mol. The van der Waals surface area contributed by atoms with Crippen LogP contribution in [0.15, 0.2) is 22.1 Å². The Balaban J connectivity index is 0. The molecular formula is C16H28N2. The Kier molecular flexibility index (Phi) is 12.6. The minimum Gasteiger partial charge on any atom is -0.259 e. The van der Waals surface area contributed by atoms with Gasteiger partial charge in [0.05, 0.1) is 11.4 Å². The molecule has 0 spiro atoms. The number of hydrogen-bond acceptors (Lipinski definition) is 2. The minimum absolute atomic E-state index is 0.977. The van der Waals surface area contributed by atoms with Crippen molar-refractivity contribution in [3.05, 3.63) is 23.3 Å². The van der Waals surface area contributed by atoms with E-state index >= 15 is 0 Å². The van der Waals surface area contributed by atoms with Crippen LogP contribution in [-0.2, 0) is 0 Å². The number of rotatable bonds is 2. The van der Waals surface area contributed by atoms with E-state index in [1.807, 2.05) is 41.5 Å². The molecule has 0 N–H and O–H groups in total. The first kappa shape index (κ1) is 18.9. The van der Waals surface area contributed by atoms with Gasteiger partial charge in [-0.3, -0.25) is 9.98 Å². The summed E-state index contributed by atoms with van der Waals surface area (Å²) in [5.74, 6) is 0. The molecule has 1 aromatic carbocycles. The predicted octanol–water partition coefficient (Wildman–Crippen LogP) is 5.80. The number of aliphatic imine (C=N–C) groups is 2. The zero-order chi connectivity index (χ0) is 14.6. The largest absolute Gasteiger partial charge is 0.259 e. The van der Waals surface area contributed by atoms with Crippen LogP contribution >= 0.6 is 0 Å². The molecule has 0 aromatic heterocycles. The molecule has 18 heavy (non-hydrogen) atoms. The second-order valence-corrected chi connectivity index (χ2v) is 3.17. The van der Waals surface area contributed by atoms with Gasteiger partial charge in [0, 0.05) is 12.4 Å². The van der Waals surface area contributed by atoms with E-state index in [1.54, 1.807) is 12.4 Å². The molecule has 102 valence electrons. The monoisotopic (exact) mass is 248 g/mol. The lowest BCUT2D eigenvalue weighted by molar-refractivity contribution is 1.32. The third-order valence-electron chi connectivity index (χ3n) is 2.07. The van der Waals surface area contributed by atoms with Gasteiger partial charge >= 0.3 is 0 Å². The van der Waals surface area contributed by atoms with Gasteiger partial charge in [-0.2, -0.15) is 0 Å². The Morgan fingerprint density at radius 3 is 1.22 bits per heavy atom. The zero-order valence-corrected chi connectivity index (χ0v) is 13.2. The average molecular weight is 248 g/mol. The summed E-state index contributed by atoms with van der Waals surface area (Å²) in [6, 6.07) is 4.15. The van der Waals surface area contributed by atoms with Crippen LogP contribution in [0, 0.1) is 13.8 Å². The van der Waals surface area contributed by atoms with Gasteiger partial charge in [-0.25, -0.2) is 0 Å². The van der Waals surface area contributed by atoms with Crippen LogP contribution in [0.2, 0.25) is 0 Å². The molecule has 0 radical (unpaired) electrons. The van der Waals surface area contributed by atoms with Crippen molar-refractivity contribution < 1.29 is 0 Å². The van der Waals surface area contributed by atoms with Gasteiger partial charge in [0.25, 0.3) is 0 Å². The van der Waals surface area contributed by atoms with Crippen molar-refractivity contribution in [3.63, 3.8) is 0 Å². The normalized spacial score (nSPS) is 9.78. The van der Waals surface area contributed by atoms with E-state index in [4.69, 9.17) is 0 Å². The molecule has 0 amide bonds. The van der Waals surface area contributed by atoms with E-state index < -0.39 is 0 Å². The lowest BCUT2D eigenvalue weighted by Gasteiger charge is -2.07. The number of nitrogens with zero attached hydrogens (tertiary/aromatic N) is 2. The van der Waals surface area contributed by atoms with Gasteiger partial charge in [0.2, 0.25) is 0 Å². The lowest BCUT2D eigenvalue weighted by Crippen LogP contribution is -1.81. The van der Waals surface area contributed by atoms with Crippen molar-refractivity contribution in [3.8, 4) is 0 Å². The zero-order valence-electron chi connectivity index (χ0n) is 13.2. The molecule has 1 aromatic rings. The number of hydrogen-bond donors (Lipinski definition) is 0. The first-order valence-electron chi connectivity index (χ1n) is 6.78. The quantitative estimate of drug-likeness (QED) is 0.591. The van der Waals surface area contributed by atoms with Crippen LogP contribution < -0.4 is 0 Å². The van der Waals surface area contributed by atoms with Crippen molar-refractivity contribution in [1.29, 1.82) is 0 Å². The number of benzene rings is 1. The molecule has 0 bridgehead atoms. The molecule has 0 fully saturated rings. The highest BCUT2D eigenvalue weighted by molar-refractivity contribution is 5.77. The summed E-state index contributed by atoms with van der Waals surface area (Å²) in [6.45, 7) is 15.9. The molecule has 0 heterocycles. The molecule has 0 unspecified atom stereocenters. The Morgan fingerprint density at radius 1 is 0.722 bits per heavy atom. The smallest absolute Gasteiger partial charge is 0.0913 e. The van der Waals surface area contributed by atoms with Crippen LogP contribution in [-0.4, -0.2) is 12.4 Å². The molecule has 0 aliphatic heterocycles. The Hall–Kier alpha value is -1.44. The highest BCUT2D eigenvalue weighted by atomic mass is 14.8. The van der Waals surface area contributed by atoms with Crippen molar-refractivity contribution in [2.75, 3.05) is 0 Å². The fourth-order valence-corrected chi connectivity index (χ4v) is 1.37. The fourth-order valence-electron chi connectivity index (χ4n) is 1.37. The summed E-state index contributed by atoms with van der Waals surface area (Å²) < 4.78 is 0. The standard InChI is InChI=1S/C12H16N2.2C2H6/c1-5-13-11-9(3)7-8-10(4)12(11)14-6-2;2*1-2/h5-8H,1-4H3;2*1-2H3. The minimum atomic E-state index is 0.977. The number of aryl methyl sites for hydroxylation is 2. The van der Waals surface area contributed by atoms with E-state index in [0.29, 0.717) is 0 Å². The van der Waals surface area contributed by atoms with Gasteiger partial charge in [0.1, 0.15) is 0 Å². The topological polar surface area (TPSA) is 24.7 Å². The van der Waals surface area contributed by atoms with Crippen molar-refractivity contribution in [2.24, 2.45) is 9.98 Å². The highest BCUT2D eigenvalue weighted by Crippen LogP contribution is 2.34. The van der Waals surface area contributed by atoms with Crippen molar-refractivity contribution >= 4 is 23.8 Å². The SMILES string of the molecule is CC.CC.CC=Nc1c(C)ccc(C)c1N=CC. The summed E-state index contributed by atoms with van der Waals surface area (Å²) in [7, 11) is 0. The van der Waals surface area contributed by atoms with E-state index in [9.17, 15) is 0 Å². The van der Waals surface area contributed by atoms with Crippen LogP contribution in [0.5, 0.6) is 0 Å². The fraction of sp³-hybridized carbons (Fsp3) is 0.500. The van der Waals surface area contributed by atoms with Gasteiger partial charge in [-0.05, 0) is 38.8 Å². The third kappa shape index (κ3) is 5.76. The lowest BCUT2D eigenvalue weighted by atomic mass is 10.1. The Morgan fingerprint density at radius 2 is 1.00 bits per heavy atom. The van der Waals surface area contributed by atoms with Crippen LogP contribution in [0.1, 0.15) is 52.7 Å². The van der Waals surface area contributed by atoms with E-state index in [0.717, 1.165) is 22.5 Å². The van der Waals surface area contributed by atoms with Crippen LogP contribution in [0.25, 0.3) is 0 Å². The third-order valence-corrected chi connectivity index (χ3v) is 2.07. The first-order chi connectivity index (χ1) is 8.70.